The van der Waals surface area contributed by atoms with Gasteiger partial charge in [-0.05, 0) is 42.7 Å². The summed E-state index contributed by atoms with van der Waals surface area (Å²) in [6.45, 7) is 6.32. The van der Waals surface area contributed by atoms with Crippen LogP contribution in [0.25, 0.3) is 11.4 Å². The maximum Gasteiger partial charge on any atom is 0.240 e. The molecule has 5 rings (SSSR count). The molecular weight excluding hydrogens is 465 g/mol. The number of carbonyl (C=O) groups excluding carboxylic acids is 1. The minimum atomic E-state index is -0.401. The van der Waals surface area contributed by atoms with Crippen molar-refractivity contribution in [2.45, 2.75) is 29.8 Å². The molecule has 1 unspecified atom stereocenters. The maximum atomic E-state index is 13.6. The van der Waals surface area contributed by atoms with Crippen LogP contribution >= 0.6 is 11.8 Å². The van der Waals surface area contributed by atoms with Crippen molar-refractivity contribution in [3.8, 4) is 11.4 Å². The minimum Gasteiger partial charge on any atom is -0.379 e. The van der Waals surface area contributed by atoms with Crippen LogP contribution in [-0.2, 0) is 16.1 Å². The Bertz CT molecular complexity index is 1110. The van der Waals surface area contributed by atoms with E-state index in [-0.39, 0.29) is 11.7 Å². The van der Waals surface area contributed by atoms with Crippen LogP contribution in [0.15, 0.2) is 59.8 Å². The summed E-state index contributed by atoms with van der Waals surface area (Å²) in [5.74, 6) is 0.508. The summed E-state index contributed by atoms with van der Waals surface area (Å²) in [6, 6.07) is 16.2. The van der Waals surface area contributed by atoms with Crippen LogP contribution in [0.5, 0.6) is 0 Å². The molecule has 2 aliphatic rings. The highest BCUT2D eigenvalue weighted by atomic mass is 32.2. The zero-order chi connectivity index (χ0) is 24.0. The normalized spacial score (nSPS) is 17.6. The van der Waals surface area contributed by atoms with Gasteiger partial charge in [0.15, 0.2) is 11.0 Å². The third-order valence-electron chi connectivity index (χ3n) is 6.53. The van der Waals surface area contributed by atoms with E-state index >= 15 is 0 Å². The number of hydrogen-bond donors (Lipinski definition) is 0. The summed E-state index contributed by atoms with van der Waals surface area (Å²) in [5.41, 5.74) is 1.76. The number of carbonyl (C=O) groups is 1. The molecule has 0 bridgehead atoms. The largest absolute Gasteiger partial charge is 0.379 e. The van der Waals surface area contributed by atoms with Crippen LogP contribution in [0.4, 0.5) is 4.39 Å². The molecule has 7 nitrogen and oxygen atoms in total. The lowest BCUT2D eigenvalue weighted by atomic mass is 10.1. The van der Waals surface area contributed by atoms with Gasteiger partial charge < -0.3 is 14.2 Å². The summed E-state index contributed by atoms with van der Waals surface area (Å²) < 4.78 is 21.1. The molecule has 1 atom stereocenters. The predicted molar refractivity (Wildman–Crippen MR) is 134 cm³/mol. The van der Waals surface area contributed by atoms with E-state index in [1.165, 1.54) is 23.9 Å². The Kier molecular flexibility index (Phi) is 7.75. The van der Waals surface area contributed by atoms with E-state index in [2.05, 4.69) is 19.7 Å². The van der Waals surface area contributed by atoms with Gasteiger partial charge in [0.05, 0.1) is 13.2 Å². The van der Waals surface area contributed by atoms with Gasteiger partial charge in [-0.25, -0.2) is 4.39 Å². The van der Waals surface area contributed by atoms with Gasteiger partial charge in [0.25, 0.3) is 0 Å². The molecule has 3 aromatic rings. The molecule has 9 heteroatoms. The summed E-state index contributed by atoms with van der Waals surface area (Å²) in [4.78, 5) is 17.9. The average molecular weight is 496 g/mol. The second-order valence-corrected chi connectivity index (χ2v) is 9.93. The number of likely N-dealkylation sites (tertiary alicyclic amines) is 1. The number of benzene rings is 2. The number of morpholine rings is 1. The van der Waals surface area contributed by atoms with Gasteiger partial charge in [0.1, 0.15) is 11.1 Å². The zero-order valence-corrected chi connectivity index (χ0v) is 20.5. The molecule has 1 aromatic heterocycles. The molecule has 184 valence electrons. The summed E-state index contributed by atoms with van der Waals surface area (Å²) in [6.07, 6.45) is 2.09. The molecule has 3 heterocycles. The van der Waals surface area contributed by atoms with Gasteiger partial charge in [-0.2, -0.15) is 0 Å². The molecule has 2 fully saturated rings. The highest BCUT2D eigenvalue weighted by Crippen LogP contribution is 2.38. The number of ether oxygens (including phenoxy) is 1. The van der Waals surface area contributed by atoms with E-state index in [1.807, 2.05) is 35.2 Å². The molecule has 0 aliphatic carbocycles. The first kappa shape index (κ1) is 24.0. The number of halogens is 1. The third kappa shape index (κ3) is 5.74. The van der Waals surface area contributed by atoms with E-state index in [1.54, 1.807) is 12.1 Å². The lowest BCUT2D eigenvalue weighted by Crippen LogP contribution is -2.38. The van der Waals surface area contributed by atoms with E-state index in [0.717, 1.165) is 69.9 Å². The smallest absolute Gasteiger partial charge is 0.240 e. The first-order valence-electron chi connectivity index (χ1n) is 12.2. The van der Waals surface area contributed by atoms with Gasteiger partial charge in [-0.1, -0.05) is 42.1 Å². The van der Waals surface area contributed by atoms with Crippen molar-refractivity contribution in [2.75, 3.05) is 45.9 Å². The molecule has 2 aromatic carbocycles. The van der Waals surface area contributed by atoms with Crippen LogP contribution in [0, 0.1) is 5.82 Å². The Balaban J connectivity index is 1.46. The number of thioether (sulfide) groups is 1. The molecule has 0 radical (unpaired) electrons. The van der Waals surface area contributed by atoms with E-state index < -0.39 is 5.25 Å². The standard InChI is InChI=1S/C26H30FN5O2S/c27-22-10-8-21(9-11-22)24-28-29-26(32(24)15-14-30-16-18-34-19-17-30)35-23(20-6-2-1-3-7-20)25(33)31-12-4-5-13-31/h1-3,6-11,23H,4-5,12-19H2. The molecule has 2 saturated heterocycles. The van der Waals surface area contributed by atoms with E-state index in [0.29, 0.717) is 17.5 Å². The highest BCUT2D eigenvalue weighted by Gasteiger charge is 2.31. The number of nitrogens with zero attached hydrogens (tertiary/aromatic N) is 5. The Hall–Kier alpha value is -2.75. The van der Waals surface area contributed by atoms with Crippen molar-refractivity contribution in [1.29, 1.82) is 0 Å². The van der Waals surface area contributed by atoms with Gasteiger partial charge >= 0.3 is 0 Å². The van der Waals surface area contributed by atoms with Crippen LogP contribution < -0.4 is 0 Å². The third-order valence-corrected chi connectivity index (χ3v) is 7.75. The lowest BCUT2D eigenvalue weighted by Gasteiger charge is -2.27. The first-order chi connectivity index (χ1) is 17.2. The predicted octanol–water partition coefficient (Wildman–Crippen LogP) is 3.87. The Morgan fingerprint density at radius 1 is 0.943 bits per heavy atom. The van der Waals surface area contributed by atoms with E-state index in [9.17, 15) is 9.18 Å². The van der Waals surface area contributed by atoms with Crippen LogP contribution in [-0.4, -0.2) is 76.4 Å². The quantitative estimate of drug-likeness (QED) is 0.442. The number of rotatable bonds is 8. The van der Waals surface area contributed by atoms with Crippen molar-refractivity contribution in [3.63, 3.8) is 0 Å². The zero-order valence-electron chi connectivity index (χ0n) is 19.7. The van der Waals surface area contributed by atoms with Crippen molar-refractivity contribution < 1.29 is 13.9 Å². The monoisotopic (exact) mass is 495 g/mol. The second kappa shape index (κ2) is 11.3. The SMILES string of the molecule is O=C(C(Sc1nnc(-c2ccc(F)cc2)n1CCN1CCOCC1)c1ccccc1)N1CCCC1. The van der Waals surface area contributed by atoms with Crippen molar-refractivity contribution in [1.82, 2.24) is 24.6 Å². The molecule has 0 N–H and O–H groups in total. The Labute approximate surface area is 209 Å². The van der Waals surface area contributed by atoms with Crippen LogP contribution in [0.3, 0.4) is 0 Å². The fourth-order valence-corrected chi connectivity index (χ4v) is 5.70. The summed E-state index contributed by atoms with van der Waals surface area (Å²) >= 11 is 1.45. The number of hydrogen-bond acceptors (Lipinski definition) is 6. The van der Waals surface area contributed by atoms with Crippen molar-refractivity contribution in [3.05, 3.63) is 66.0 Å². The van der Waals surface area contributed by atoms with Crippen LogP contribution in [0.2, 0.25) is 0 Å². The molecule has 0 spiro atoms. The highest BCUT2D eigenvalue weighted by molar-refractivity contribution is 8.00. The fraction of sp³-hybridized carbons (Fsp3) is 0.423. The lowest BCUT2D eigenvalue weighted by molar-refractivity contribution is -0.129. The van der Waals surface area contributed by atoms with Crippen molar-refractivity contribution in [2.24, 2.45) is 0 Å². The van der Waals surface area contributed by atoms with Gasteiger partial charge in [0.2, 0.25) is 5.91 Å². The molecular formula is C26H30FN5O2S. The molecule has 0 saturated carbocycles. The molecule has 2 aliphatic heterocycles. The van der Waals surface area contributed by atoms with Gasteiger partial charge in [-0.15, -0.1) is 10.2 Å². The average Bonchev–Trinajstić information content (AvgIpc) is 3.58. The first-order valence-corrected chi connectivity index (χ1v) is 13.1. The molecule has 1 amide bonds. The molecule has 35 heavy (non-hydrogen) atoms. The van der Waals surface area contributed by atoms with Gasteiger partial charge in [0, 0.05) is 44.8 Å². The second-order valence-electron chi connectivity index (χ2n) is 8.86. The maximum absolute atomic E-state index is 13.6. The van der Waals surface area contributed by atoms with Crippen LogP contribution in [0.1, 0.15) is 23.7 Å². The number of amides is 1. The van der Waals surface area contributed by atoms with E-state index in [4.69, 9.17) is 4.74 Å². The number of aromatic nitrogens is 3. The summed E-state index contributed by atoms with van der Waals surface area (Å²) in [5, 5.41) is 9.30. The summed E-state index contributed by atoms with van der Waals surface area (Å²) in [7, 11) is 0. The Morgan fingerprint density at radius 2 is 1.66 bits per heavy atom. The fourth-order valence-electron chi connectivity index (χ4n) is 4.55. The van der Waals surface area contributed by atoms with Crippen molar-refractivity contribution >= 4 is 17.7 Å². The topological polar surface area (TPSA) is 63.5 Å². The minimum absolute atomic E-state index is 0.116. The van der Waals surface area contributed by atoms with Gasteiger partial charge in [-0.3, -0.25) is 9.69 Å². The Morgan fingerprint density at radius 3 is 2.37 bits per heavy atom.